The topological polar surface area (TPSA) is 128 Å². The predicted molar refractivity (Wildman–Crippen MR) is 144 cm³/mol. The predicted octanol–water partition coefficient (Wildman–Crippen LogP) is 4.64. The zero-order valence-electron chi connectivity index (χ0n) is 21.1. The van der Waals surface area contributed by atoms with E-state index in [4.69, 9.17) is 9.88 Å². The van der Waals surface area contributed by atoms with Crippen LogP contribution >= 0.6 is 0 Å². The third kappa shape index (κ3) is 7.28. The van der Waals surface area contributed by atoms with Gasteiger partial charge in [-0.1, -0.05) is 66.7 Å². The molecule has 0 aliphatic heterocycles. The van der Waals surface area contributed by atoms with Gasteiger partial charge in [-0.15, -0.1) is 0 Å². The summed E-state index contributed by atoms with van der Waals surface area (Å²) in [6.07, 6.45) is -0.650. The van der Waals surface area contributed by atoms with E-state index in [9.17, 15) is 26.8 Å². The number of ether oxygens (including phenoxy) is 1. The van der Waals surface area contributed by atoms with Crippen LogP contribution in [-0.2, 0) is 34.5 Å². The van der Waals surface area contributed by atoms with Gasteiger partial charge in [0.2, 0.25) is 10.0 Å². The molecule has 0 heterocycles. The standard InChI is InChI=1S/C29H25F2N3O5S/c30-22-11-10-21(27(31)14-22)17-33-28(35)26-15-23(40(32,37)38)12-13-25(26)24-9-5-4-8-20(24)16-34-29(36)39-18-19-6-2-1-3-7-19/h1-15H,16-18H2,(H,33,35)(H,34,36)(H2,32,37,38). The molecular weight excluding hydrogens is 540 g/mol. The van der Waals surface area contributed by atoms with Crippen LogP contribution in [0.4, 0.5) is 13.6 Å². The highest BCUT2D eigenvalue weighted by atomic mass is 32.2. The number of nitrogens with two attached hydrogens (primary N) is 1. The zero-order chi connectivity index (χ0) is 28.7. The van der Waals surface area contributed by atoms with Crippen LogP contribution in [0.15, 0.2) is 95.9 Å². The summed E-state index contributed by atoms with van der Waals surface area (Å²) < 4.78 is 56.6. The van der Waals surface area contributed by atoms with Gasteiger partial charge in [0.25, 0.3) is 5.91 Å². The monoisotopic (exact) mass is 565 g/mol. The minimum absolute atomic E-state index is 0.0394. The molecule has 0 bridgehead atoms. The first kappa shape index (κ1) is 28.4. The molecular formula is C29H25F2N3O5S. The first-order valence-electron chi connectivity index (χ1n) is 12.0. The number of nitrogens with one attached hydrogen (secondary N) is 2. The molecule has 0 aliphatic carbocycles. The molecule has 0 saturated carbocycles. The second-order valence-electron chi connectivity index (χ2n) is 8.74. The molecule has 4 aromatic rings. The molecule has 4 aromatic carbocycles. The van der Waals surface area contributed by atoms with Gasteiger partial charge in [-0.05, 0) is 40.5 Å². The van der Waals surface area contributed by atoms with Gasteiger partial charge in [-0.2, -0.15) is 0 Å². The average molecular weight is 566 g/mol. The molecule has 0 saturated heterocycles. The number of benzene rings is 4. The third-order valence-corrected chi connectivity index (χ3v) is 6.87. The van der Waals surface area contributed by atoms with E-state index in [0.717, 1.165) is 17.7 Å². The van der Waals surface area contributed by atoms with E-state index < -0.39 is 33.7 Å². The van der Waals surface area contributed by atoms with Gasteiger partial charge >= 0.3 is 6.09 Å². The Kier molecular flexibility index (Phi) is 8.87. The van der Waals surface area contributed by atoms with Crippen LogP contribution in [0.3, 0.4) is 0 Å². The zero-order valence-corrected chi connectivity index (χ0v) is 21.9. The molecule has 4 rings (SSSR count). The average Bonchev–Trinajstić information content (AvgIpc) is 2.94. The molecule has 206 valence electrons. The van der Waals surface area contributed by atoms with Crippen molar-refractivity contribution in [3.05, 3.63) is 125 Å². The minimum Gasteiger partial charge on any atom is -0.445 e. The highest BCUT2D eigenvalue weighted by Crippen LogP contribution is 2.29. The fraction of sp³-hybridized carbons (Fsp3) is 0.103. The number of carbonyl (C=O) groups excluding carboxylic acids is 2. The first-order chi connectivity index (χ1) is 19.1. The smallest absolute Gasteiger partial charge is 0.407 e. The van der Waals surface area contributed by atoms with Crippen LogP contribution in [-0.4, -0.2) is 20.4 Å². The van der Waals surface area contributed by atoms with Crippen molar-refractivity contribution in [1.82, 2.24) is 10.6 Å². The van der Waals surface area contributed by atoms with Gasteiger partial charge in [0.15, 0.2) is 0 Å². The Morgan fingerprint density at radius 2 is 1.48 bits per heavy atom. The number of rotatable bonds is 9. The summed E-state index contributed by atoms with van der Waals surface area (Å²) in [4.78, 5) is 25.2. The lowest BCUT2D eigenvalue weighted by molar-refractivity contribution is 0.0951. The SMILES string of the molecule is NS(=O)(=O)c1ccc(-c2ccccc2CNC(=O)OCc2ccccc2)c(C(=O)NCc2ccc(F)cc2F)c1. The van der Waals surface area contributed by atoms with Crippen molar-refractivity contribution < 1.29 is 31.5 Å². The summed E-state index contributed by atoms with van der Waals surface area (Å²) in [5, 5.41) is 10.5. The lowest BCUT2D eigenvalue weighted by Crippen LogP contribution is -2.25. The lowest BCUT2D eigenvalue weighted by Gasteiger charge is -2.16. The molecule has 0 radical (unpaired) electrons. The van der Waals surface area contributed by atoms with Crippen molar-refractivity contribution in [2.24, 2.45) is 5.14 Å². The van der Waals surface area contributed by atoms with E-state index in [1.54, 1.807) is 24.3 Å². The molecule has 0 fully saturated rings. The number of sulfonamides is 1. The molecule has 40 heavy (non-hydrogen) atoms. The number of amides is 2. The van der Waals surface area contributed by atoms with Crippen LogP contribution < -0.4 is 15.8 Å². The van der Waals surface area contributed by atoms with Gasteiger partial charge in [-0.25, -0.2) is 27.1 Å². The molecule has 8 nitrogen and oxygen atoms in total. The van der Waals surface area contributed by atoms with Crippen LogP contribution in [0.25, 0.3) is 11.1 Å². The third-order valence-electron chi connectivity index (χ3n) is 5.96. The molecule has 0 spiro atoms. The Bertz CT molecular complexity index is 1650. The van der Waals surface area contributed by atoms with Crippen LogP contribution in [0.2, 0.25) is 0 Å². The van der Waals surface area contributed by atoms with Crippen LogP contribution in [0, 0.1) is 11.6 Å². The summed E-state index contributed by atoms with van der Waals surface area (Å²) in [7, 11) is -4.15. The Hall–Kier alpha value is -4.61. The maximum absolute atomic E-state index is 14.1. The van der Waals surface area contributed by atoms with Crippen molar-refractivity contribution >= 4 is 22.0 Å². The van der Waals surface area contributed by atoms with Crippen molar-refractivity contribution in [2.75, 3.05) is 0 Å². The minimum atomic E-state index is -4.15. The van der Waals surface area contributed by atoms with E-state index in [2.05, 4.69) is 10.6 Å². The van der Waals surface area contributed by atoms with Gasteiger partial charge in [-0.3, -0.25) is 4.79 Å². The van der Waals surface area contributed by atoms with Crippen molar-refractivity contribution in [3.63, 3.8) is 0 Å². The molecule has 0 aromatic heterocycles. The molecule has 2 amide bonds. The quantitative estimate of drug-likeness (QED) is 0.273. The number of hydrogen-bond acceptors (Lipinski definition) is 5. The van der Waals surface area contributed by atoms with Gasteiger partial charge in [0, 0.05) is 30.3 Å². The van der Waals surface area contributed by atoms with E-state index in [-0.39, 0.29) is 35.7 Å². The Labute approximate surface area is 229 Å². The summed E-state index contributed by atoms with van der Waals surface area (Å²) in [5.41, 5.74) is 2.31. The van der Waals surface area contributed by atoms with E-state index in [1.165, 1.54) is 18.2 Å². The van der Waals surface area contributed by atoms with E-state index in [0.29, 0.717) is 22.8 Å². The number of carbonyl (C=O) groups is 2. The second-order valence-corrected chi connectivity index (χ2v) is 10.3. The number of primary sulfonamides is 1. The van der Waals surface area contributed by atoms with Crippen LogP contribution in [0.5, 0.6) is 0 Å². The van der Waals surface area contributed by atoms with Gasteiger partial charge in [0.1, 0.15) is 18.2 Å². The fourth-order valence-corrected chi connectivity index (χ4v) is 4.48. The summed E-state index contributed by atoms with van der Waals surface area (Å²) >= 11 is 0. The van der Waals surface area contributed by atoms with Gasteiger partial charge < -0.3 is 15.4 Å². The van der Waals surface area contributed by atoms with Gasteiger partial charge in [0.05, 0.1) is 4.90 Å². The largest absolute Gasteiger partial charge is 0.445 e. The summed E-state index contributed by atoms with van der Waals surface area (Å²) in [6.45, 7) is -0.147. The van der Waals surface area contributed by atoms with Crippen molar-refractivity contribution in [3.8, 4) is 11.1 Å². The Morgan fingerprint density at radius 1 is 0.775 bits per heavy atom. The van der Waals surface area contributed by atoms with E-state index >= 15 is 0 Å². The number of hydrogen-bond donors (Lipinski definition) is 3. The highest BCUT2D eigenvalue weighted by Gasteiger charge is 2.20. The van der Waals surface area contributed by atoms with E-state index in [1.807, 2.05) is 30.3 Å². The molecule has 0 aliphatic rings. The maximum Gasteiger partial charge on any atom is 0.407 e. The molecule has 0 atom stereocenters. The normalized spacial score (nSPS) is 11.1. The van der Waals surface area contributed by atoms with Crippen LogP contribution in [0.1, 0.15) is 27.0 Å². The molecule has 11 heteroatoms. The number of alkyl carbamates (subject to hydrolysis) is 1. The summed E-state index contributed by atoms with van der Waals surface area (Å²) in [5.74, 6) is -2.31. The fourth-order valence-electron chi connectivity index (χ4n) is 3.94. The first-order valence-corrected chi connectivity index (χ1v) is 13.6. The lowest BCUT2D eigenvalue weighted by atomic mass is 9.94. The molecule has 0 unspecified atom stereocenters. The molecule has 4 N–H and O–H groups in total. The maximum atomic E-state index is 14.1. The second kappa shape index (κ2) is 12.5. The Morgan fingerprint density at radius 3 is 2.20 bits per heavy atom. The summed E-state index contributed by atoms with van der Waals surface area (Å²) in [6, 6.07) is 22.8. The number of halogens is 2. The van der Waals surface area contributed by atoms with Crippen molar-refractivity contribution in [1.29, 1.82) is 0 Å². The Balaban J connectivity index is 1.58. The van der Waals surface area contributed by atoms with Crippen molar-refractivity contribution in [2.45, 2.75) is 24.6 Å². The highest BCUT2D eigenvalue weighted by molar-refractivity contribution is 7.89.